The van der Waals surface area contributed by atoms with Crippen LogP contribution in [0.4, 0.5) is 0 Å². The van der Waals surface area contributed by atoms with Gasteiger partial charge >= 0.3 is 186 Å². The van der Waals surface area contributed by atoms with Crippen molar-refractivity contribution < 1.29 is 29.2 Å². The maximum atomic E-state index is 10.9. The zero-order valence-electron chi connectivity index (χ0n) is 31.0. The third-order valence-electron chi connectivity index (χ3n) is 10.6. The Bertz CT molecular complexity index is 815. The Morgan fingerprint density at radius 1 is 0.711 bits per heavy atom. The van der Waals surface area contributed by atoms with Gasteiger partial charge in [-0.05, 0) is 13.3 Å². The van der Waals surface area contributed by atoms with Crippen molar-refractivity contribution in [1.82, 2.24) is 0 Å². The van der Waals surface area contributed by atoms with Gasteiger partial charge < -0.3 is 14.6 Å². The quantitative estimate of drug-likeness (QED) is 0.0624. The molecule has 0 saturated carbocycles. The molecule has 0 spiro atoms. The Morgan fingerprint density at radius 2 is 1.11 bits per heavy atom. The number of aliphatic hydroxyl groups excluding tert-OH is 2. The van der Waals surface area contributed by atoms with Crippen LogP contribution in [0.3, 0.4) is 0 Å². The van der Waals surface area contributed by atoms with Gasteiger partial charge in [0.2, 0.25) is 0 Å². The monoisotopic (exact) mass is 744 g/mol. The van der Waals surface area contributed by atoms with E-state index in [2.05, 4.69) is 71.5 Å². The number of rotatable bonds is 23. The molecule has 2 aliphatic rings. The number of aliphatic hydroxyl groups is 2. The number of methoxy groups -OCH3 is 2. The summed E-state index contributed by atoms with van der Waals surface area (Å²) in [5.41, 5.74) is 0. The first-order chi connectivity index (χ1) is 21.5. The third-order valence-corrected chi connectivity index (χ3v) is 24.7. The third kappa shape index (κ3) is 13.7. The molecular weight excluding hydrogens is 671 g/mol. The molecule has 0 aromatic heterocycles. The molecule has 45 heavy (non-hydrogen) atoms. The maximum absolute atomic E-state index is 10.9. The normalized spacial score (nSPS) is 26.5. The van der Waals surface area contributed by atoms with E-state index in [1.54, 1.807) is 14.2 Å². The van der Waals surface area contributed by atoms with Crippen molar-refractivity contribution >= 4 is 18.4 Å². The summed E-state index contributed by atoms with van der Waals surface area (Å²) in [6.07, 6.45) is 17.2. The number of unbranched alkanes of at least 4 members (excludes halogenated alkanes) is 3. The van der Waals surface area contributed by atoms with E-state index in [0.29, 0.717) is 11.8 Å². The topological polar surface area (TPSA) is 84.0 Å². The Kier molecular flexibility index (Phi) is 21.4. The van der Waals surface area contributed by atoms with Gasteiger partial charge in [0.05, 0.1) is 18.3 Å². The molecule has 0 amide bonds. The van der Waals surface area contributed by atoms with Crippen molar-refractivity contribution in [1.29, 1.82) is 0 Å². The zero-order valence-corrected chi connectivity index (χ0v) is 33.8. The Labute approximate surface area is 282 Å². The molecule has 2 heterocycles. The molecule has 0 aromatic rings. The Balaban J connectivity index is 0.000000532. The van der Waals surface area contributed by atoms with Crippen LogP contribution in [0, 0.1) is 36.0 Å². The van der Waals surface area contributed by atoms with E-state index in [9.17, 15) is 10.2 Å². The summed E-state index contributed by atoms with van der Waals surface area (Å²) in [4.78, 5) is 0. The fraction of sp³-hybridized carbons (Fsp3) is 0.895. The molecule has 2 saturated heterocycles. The van der Waals surface area contributed by atoms with Gasteiger partial charge in [-0.2, -0.15) is 0 Å². The van der Waals surface area contributed by atoms with E-state index in [0.717, 1.165) is 12.8 Å². The molecule has 0 unspecified atom stereocenters. The van der Waals surface area contributed by atoms with Crippen molar-refractivity contribution in [3.05, 3.63) is 10.2 Å². The summed E-state index contributed by atoms with van der Waals surface area (Å²) in [5.74, 6) is 3.17. The van der Waals surface area contributed by atoms with Crippen LogP contribution in [-0.2, 0) is 18.9 Å². The van der Waals surface area contributed by atoms with Gasteiger partial charge in [0.25, 0.3) is 0 Å². The van der Waals surface area contributed by atoms with Crippen LogP contribution < -0.4 is 0 Å². The van der Waals surface area contributed by atoms with Gasteiger partial charge in [-0.15, -0.1) is 12.3 Å². The van der Waals surface area contributed by atoms with Gasteiger partial charge in [0.15, 0.2) is 0 Å². The molecule has 0 aromatic carbocycles. The number of ether oxygens (including phenoxy) is 4. The SMILES string of the molecule is C#C[C@@H](C)[C@H](O)[C@@H]1O[C@H]1[C@H](C)[C@H](CC)OC.CCC[CH2][Sn](/[CH]=C/[C@@H](C)[C@H](O)[C@@H]1O[C@H]1[C@H](C)[C@H](CC)OC)([CH2]CCC)[CH2]CCC. The fourth-order valence-corrected chi connectivity index (χ4v) is 21.6. The molecule has 0 aliphatic carbocycles. The van der Waals surface area contributed by atoms with Crippen molar-refractivity contribution in [2.75, 3.05) is 14.2 Å². The van der Waals surface area contributed by atoms with Crippen molar-refractivity contribution in [3.8, 4) is 12.3 Å². The van der Waals surface area contributed by atoms with Crippen LogP contribution in [0.2, 0.25) is 13.3 Å². The Hall–Kier alpha value is -0.141. The van der Waals surface area contributed by atoms with Crippen LogP contribution in [0.25, 0.3) is 0 Å². The molecule has 2 rings (SSSR count). The van der Waals surface area contributed by atoms with Crippen LogP contribution in [0.15, 0.2) is 10.2 Å². The van der Waals surface area contributed by atoms with E-state index in [-0.39, 0.29) is 48.5 Å². The predicted molar refractivity (Wildman–Crippen MR) is 191 cm³/mol. The number of hydrogen-bond acceptors (Lipinski definition) is 6. The average molecular weight is 744 g/mol. The first-order valence-corrected chi connectivity index (χ1v) is 26.0. The number of epoxide rings is 2. The predicted octanol–water partition coefficient (Wildman–Crippen LogP) is 8.20. The van der Waals surface area contributed by atoms with Crippen LogP contribution in [0.5, 0.6) is 0 Å². The van der Waals surface area contributed by atoms with Crippen LogP contribution in [-0.4, -0.2) is 91.6 Å². The standard InChI is InChI=1S/C13H23O3.C13H22O3.3C4H9.Sn/c2*1-6-8(3)11(14)13-12(16-13)9(4)10(7-2)15-5;3*1-3-4-2;/h1,6,8-14H,7H2,2-5H3;1,8-14H,7H2,2-5H3;3*1,3-4H2,2H3;/t2*8-,9-,10+,11+,12+,13+;;;;/m11..../s1. The molecule has 0 bridgehead atoms. The van der Waals surface area contributed by atoms with E-state index in [1.165, 1.54) is 51.8 Å². The second-order valence-electron chi connectivity index (χ2n) is 14.0. The summed E-state index contributed by atoms with van der Waals surface area (Å²) in [6, 6.07) is 0. The average Bonchev–Trinajstić information content (AvgIpc) is 3.99. The summed E-state index contributed by atoms with van der Waals surface area (Å²) in [6.45, 7) is 19.5. The molecule has 2 fully saturated rings. The zero-order chi connectivity index (χ0) is 34.2. The van der Waals surface area contributed by atoms with Gasteiger partial charge in [-0.3, -0.25) is 0 Å². The summed E-state index contributed by atoms with van der Waals surface area (Å²) >= 11 is -2.27. The van der Waals surface area contributed by atoms with Crippen molar-refractivity contribution in [2.45, 2.75) is 176 Å². The summed E-state index contributed by atoms with van der Waals surface area (Å²) in [5, 5.41) is 20.8. The second kappa shape index (κ2) is 22.5. The van der Waals surface area contributed by atoms with Gasteiger partial charge in [-0.1, -0.05) is 13.8 Å². The van der Waals surface area contributed by atoms with E-state index in [4.69, 9.17) is 25.4 Å². The van der Waals surface area contributed by atoms with Gasteiger partial charge in [-0.25, -0.2) is 0 Å². The molecule has 264 valence electrons. The molecule has 12 atom stereocenters. The van der Waals surface area contributed by atoms with Crippen molar-refractivity contribution in [3.63, 3.8) is 0 Å². The van der Waals surface area contributed by atoms with E-state index < -0.39 is 30.6 Å². The van der Waals surface area contributed by atoms with Gasteiger partial charge in [0.1, 0.15) is 6.10 Å². The molecule has 7 heteroatoms. The molecule has 2 N–H and O–H groups in total. The van der Waals surface area contributed by atoms with Crippen LogP contribution in [0.1, 0.15) is 114 Å². The molecule has 0 radical (unpaired) electrons. The molecular formula is C38H72O6Sn. The Morgan fingerprint density at radius 3 is 1.44 bits per heavy atom. The van der Waals surface area contributed by atoms with Crippen molar-refractivity contribution in [2.24, 2.45) is 23.7 Å². The first kappa shape index (κ1) is 42.9. The number of terminal acetylenes is 1. The van der Waals surface area contributed by atoms with E-state index in [1.807, 2.05) is 6.92 Å². The first-order valence-electron chi connectivity index (χ1n) is 18.3. The minimum absolute atomic E-state index is 0.0274. The molecule has 6 nitrogen and oxygen atoms in total. The van der Waals surface area contributed by atoms with Crippen LogP contribution >= 0.6 is 0 Å². The summed E-state index contributed by atoms with van der Waals surface area (Å²) in [7, 11) is 3.49. The summed E-state index contributed by atoms with van der Waals surface area (Å²) < 4.78 is 29.5. The second-order valence-corrected chi connectivity index (χ2v) is 27.1. The van der Waals surface area contributed by atoms with Gasteiger partial charge in [0, 0.05) is 18.9 Å². The minimum atomic E-state index is -2.27. The number of hydrogen-bond donors (Lipinski definition) is 2. The molecule has 2 aliphatic heterocycles. The van der Waals surface area contributed by atoms with E-state index >= 15 is 0 Å². The fourth-order valence-electron chi connectivity index (χ4n) is 6.96.